The Morgan fingerprint density at radius 2 is 1.88 bits per heavy atom. The van der Waals surface area contributed by atoms with E-state index in [1.165, 1.54) is 41.8 Å². The topological polar surface area (TPSA) is 181 Å². The average Bonchev–Trinajstić information content (AvgIpc) is 3.92. The first-order valence-corrected chi connectivity index (χ1v) is 23.6. The third kappa shape index (κ3) is 9.29. The molecule has 3 fully saturated rings. The van der Waals surface area contributed by atoms with Gasteiger partial charge in [0.2, 0.25) is 0 Å². The van der Waals surface area contributed by atoms with E-state index in [4.69, 9.17) is 25.8 Å². The van der Waals surface area contributed by atoms with Gasteiger partial charge in [0.15, 0.2) is 5.82 Å². The van der Waals surface area contributed by atoms with Gasteiger partial charge in [-0.25, -0.2) is 22.5 Å². The third-order valence-corrected chi connectivity index (χ3v) is 15.1. The number of aromatic amines is 1. The number of nitro groups is 1. The number of anilines is 2. The molecule has 9 rings (SSSR count). The van der Waals surface area contributed by atoms with Crippen LogP contribution in [0.4, 0.5) is 21.5 Å². The molecule has 1 spiro atoms. The van der Waals surface area contributed by atoms with Crippen LogP contribution in [0.1, 0.15) is 62.4 Å². The quantitative estimate of drug-likeness (QED) is 0.0757. The van der Waals surface area contributed by atoms with Gasteiger partial charge >= 0.3 is 0 Å². The maximum absolute atomic E-state index is 15.5. The average molecular weight is 928 g/mol. The molecule has 5 aromatic rings. The summed E-state index contributed by atoms with van der Waals surface area (Å²) in [6.45, 7) is 10.9. The van der Waals surface area contributed by atoms with E-state index in [-0.39, 0.29) is 35.9 Å². The van der Waals surface area contributed by atoms with E-state index >= 15 is 4.39 Å². The molecule has 342 valence electrons. The number of ether oxygens (including phenoxy) is 3. The fourth-order valence-electron chi connectivity index (χ4n) is 9.56. The first-order chi connectivity index (χ1) is 31.1. The molecule has 4 heterocycles. The van der Waals surface area contributed by atoms with Crippen LogP contribution in [0.25, 0.3) is 16.6 Å². The van der Waals surface area contributed by atoms with Crippen molar-refractivity contribution in [1.29, 1.82) is 0 Å². The Labute approximate surface area is 381 Å². The molecule has 1 amide bonds. The number of rotatable bonds is 13. The molecule has 3 N–H and O–H groups in total. The lowest BCUT2D eigenvalue weighted by atomic mass is 9.63. The molecule has 2 aromatic heterocycles. The number of allylic oxidation sites excluding steroid dienone is 1. The second kappa shape index (κ2) is 17.7. The number of halogens is 2. The number of amides is 1. The van der Waals surface area contributed by atoms with Crippen molar-refractivity contribution in [3.05, 3.63) is 117 Å². The molecular formula is C47H51ClFN7O8S. The lowest BCUT2D eigenvalue weighted by molar-refractivity contribution is -0.384. The van der Waals surface area contributed by atoms with Crippen LogP contribution in [0.5, 0.6) is 11.5 Å². The Kier molecular flexibility index (Phi) is 12.1. The molecule has 15 nitrogen and oxygen atoms in total. The molecule has 4 aliphatic rings. The lowest BCUT2D eigenvalue weighted by Crippen LogP contribution is -2.52. The number of aromatic nitrogens is 2. The van der Waals surface area contributed by atoms with Gasteiger partial charge in [0.05, 0.1) is 47.5 Å². The van der Waals surface area contributed by atoms with Crippen LogP contribution in [0.2, 0.25) is 5.02 Å². The predicted octanol–water partition coefficient (Wildman–Crippen LogP) is 8.57. The minimum Gasteiger partial charge on any atom is -0.455 e. The number of nitrogens with one attached hydrogen (secondary N) is 3. The number of nitrogens with zero attached hydrogens (tertiary/aromatic N) is 4. The highest BCUT2D eigenvalue weighted by molar-refractivity contribution is 7.90. The van der Waals surface area contributed by atoms with Gasteiger partial charge in [0.1, 0.15) is 22.8 Å². The Morgan fingerprint density at radius 1 is 1.08 bits per heavy atom. The minimum absolute atomic E-state index is 0.0239. The number of carbonyl (C=O) groups is 1. The van der Waals surface area contributed by atoms with Crippen molar-refractivity contribution < 1.29 is 36.7 Å². The van der Waals surface area contributed by atoms with Crippen LogP contribution >= 0.6 is 11.6 Å². The maximum atomic E-state index is 15.5. The van der Waals surface area contributed by atoms with Crippen molar-refractivity contribution in [2.45, 2.75) is 63.5 Å². The van der Waals surface area contributed by atoms with E-state index in [0.717, 1.165) is 42.0 Å². The first-order valence-electron chi connectivity index (χ1n) is 21.8. The number of piperazine rings is 1. The van der Waals surface area contributed by atoms with Gasteiger partial charge in [-0.3, -0.25) is 19.8 Å². The zero-order valence-corrected chi connectivity index (χ0v) is 37.9. The van der Waals surface area contributed by atoms with Crippen molar-refractivity contribution in [3.63, 3.8) is 0 Å². The van der Waals surface area contributed by atoms with Crippen LogP contribution in [0.15, 0.2) is 89.6 Å². The van der Waals surface area contributed by atoms with Gasteiger partial charge in [-0.2, -0.15) is 0 Å². The zero-order valence-electron chi connectivity index (χ0n) is 36.4. The number of hydrogen-bond acceptors (Lipinski definition) is 12. The number of sulfonamides is 1. The summed E-state index contributed by atoms with van der Waals surface area (Å²) in [5.41, 5.74) is 4.56. The molecule has 2 aliphatic carbocycles. The largest absolute Gasteiger partial charge is 0.455 e. The number of carbonyl (C=O) groups excluding carboxylic acids is 1. The van der Waals surface area contributed by atoms with Crippen molar-refractivity contribution in [1.82, 2.24) is 19.6 Å². The summed E-state index contributed by atoms with van der Waals surface area (Å²) in [7, 11) is -4.85. The number of H-pyrrole nitrogens is 1. The Balaban J connectivity index is 0.959. The fraction of sp³-hybridized carbons (Fsp3) is 0.404. The SMILES string of the molecule is C[C@@H]1CN(c2ccc(C(=O)NS(=O)(=O)c3cc(F)c(NC[C@H]4COCCO4)c([N+](=O)[O-])c3)c(Oc3cnc4[nH]ccc4c3)c2)CCN1CC1=C(c2ccc(Cl)cc2)CC(C)(C)C2(CC2)C1. The molecular weight excluding hydrogens is 877 g/mol. The Hall–Kier alpha value is -5.59. The summed E-state index contributed by atoms with van der Waals surface area (Å²) in [5, 5.41) is 16.2. The summed E-state index contributed by atoms with van der Waals surface area (Å²) in [5.74, 6) is -1.95. The van der Waals surface area contributed by atoms with Gasteiger partial charge in [-0.05, 0) is 97.0 Å². The third-order valence-electron chi connectivity index (χ3n) is 13.6. The molecule has 3 aromatic carbocycles. The highest BCUT2D eigenvalue weighted by Crippen LogP contribution is 2.67. The number of hydrogen-bond donors (Lipinski definition) is 3. The van der Waals surface area contributed by atoms with Gasteiger partial charge < -0.3 is 29.4 Å². The minimum atomic E-state index is -4.85. The molecule has 0 radical (unpaired) electrons. The monoisotopic (exact) mass is 927 g/mol. The van der Waals surface area contributed by atoms with Gasteiger partial charge in [0, 0.05) is 73.2 Å². The van der Waals surface area contributed by atoms with E-state index in [1.54, 1.807) is 24.4 Å². The number of pyridine rings is 1. The van der Waals surface area contributed by atoms with Crippen molar-refractivity contribution in [2.75, 3.05) is 62.8 Å². The van der Waals surface area contributed by atoms with E-state index in [9.17, 15) is 23.3 Å². The molecule has 2 saturated heterocycles. The van der Waals surface area contributed by atoms with Gasteiger partial charge in [0.25, 0.3) is 21.6 Å². The van der Waals surface area contributed by atoms with Gasteiger partial charge in [-0.15, -0.1) is 0 Å². The fourth-order valence-corrected chi connectivity index (χ4v) is 10.7. The summed E-state index contributed by atoms with van der Waals surface area (Å²) in [4.78, 5) is 36.5. The van der Waals surface area contributed by atoms with E-state index in [2.05, 4.69) is 58.0 Å². The predicted molar refractivity (Wildman–Crippen MR) is 246 cm³/mol. The number of fused-ring (bicyclic) bond motifs is 1. The van der Waals surface area contributed by atoms with E-state index in [0.29, 0.717) is 55.2 Å². The van der Waals surface area contributed by atoms with E-state index in [1.807, 2.05) is 22.9 Å². The standard InChI is InChI=1S/C47H51ClFN7O8S/c1-29-26-55(15-14-54(29)27-32-22-47(11-12-47)46(2,3)23-39(32)30-4-6-33(48)7-5-30)34-8-9-38(42(19-34)64-35-18-31-10-13-50-44(31)52-24-35)45(57)53-65(60,61)37-20-40(49)43(41(21-37)56(58)59)51-25-36-28-62-16-17-63-36/h4-10,13,18-21,24,29,36,51H,11-12,14-17,22-23,25-28H2,1-3H3,(H,50,52)(H,53,57)/t29-,36+/m1/s1. The van der Waals surface area contributed by atoms with Crippen molar-refractivity contribution in [3.8, 4) is 11.5 Å². The number of nitro benzene ring substituents is 1. The first kappa shape index (κ1) is 44.6. The van der Waals surface area contributed by atoms with Crippen LogP contribution in [0.3, 0.4) is 0 Å². The highest BCUT2D eigenvalue weighted by atomic mass is 35.5. The van der Waals surface area contributed by atoms with E-state index < -0.39 is 49.0 Å². The summed E-state index contributed by atoms with van der Waals surface area (Å²) in [6.07, 6.45) is 7.32. The Morgan fingerprint density at radius 3 is 2.60 bits per heavy atom. The normalized spacial score (nSPS) is 20.8. The second-order valence-corrected chi connectivity index (χ2v) is 20.3. The molecule has 2 aliphatic heterocycles. The Bertz CT molecular complexity index is 2790. The van der Waals surface area contributed by atoms with Crippen LogP contribution < -0.4 is 19.7 Å². The smallest absolute Gasteiger partial charge is 0.296 e. The van der Waals surface area contributed by atoms with Crippen molar-refractivity contribution in [2.24, 2.45) is 10.8 Å². The molecule has 18 heteroatoms. The lowest BCUT2D eigenvalue weighted by Gasteiger charge is -2.45. The second-order valence-electron chi connectivity index (χ2n) is 18.2. The molecule has 0 bridgehead atoms. The summed E-state index contributed by atoms with van der Waals surface area (Å²) < 4.78 is 62.1. The number of benzene rings is 3. The molecule has 2 atom stereocenters. The van der Waals surface area contributed by atoms with Crippen molar-refractivity contribution >= 4 is 61.2 Å². The zero-order chi connectivity index (χ0) is 45.7. The van der Waals surface area contributed by atoms with Crippen LogP contribution in [-0.2, 0) is 19.5 Å². The summed E-state index contributed by atoms with van der Waals surface area (Å²) in [6, 6.07) is 18.1. The van der Waals surface area contributed by atoms with Gasteiger partial charge in [-0.1, -0.05) is 43.2 Å². The molecule has 1 saturated carbocycles. The van der Waals surface area contributed by atoms with Crippen LogP contribution in [-0.4, -0.2) is 98.8 Å². The maximum Gasteiger partial charge on any atom is 0.296 e. The molecule has 65 heavy (non-hydrogen) atoms. The van der Waals surface area contributed by atoms with Crippen LogP contribution in [0, 0.1) is 26.8 Å². The summed E-state index contributed by atoms with van der Waals surface area (Å²) >= 11 is 6.30. The molecule has 0 unspecified atom stereocenters. The highest BCUT2D eigenvalue weighted by Gasteiger charge is 2.56.